The lowest BCUT2D eigenvalue weighted by Crippen LogP contribution is -3.00. The van der Waals surface area contributed by atoms with E-state index in [-0.39, 0.29) is 12.4 Å². The average Bonchev–Trinajstić information content (AvgIpc) is 2.39. The van der Waals surface area contributed by atoms with E-state index in [9.17, 15) is 0 Å². The van der Waals surface area contributed by atoms with Gasteiger partial charge in [-0.15, -0.1) is 6.42 Å². The van der Waals surface area contributed by atoms with E-state index in [1.807, 2.05) is 48.5 Å². The van der Waals surface area contributed by atoms with Crippen molar-refractivity contribution in [3.63, 3.8) is 0 Å². The van der Waals surface area contributed by atoms with Crippen molar-refractivity contribution in [2.45, 2.75) is 6.54 Å². The number of ether oxygens (including phenoxy) is 1. The predicted octanol–water partition coefficient (Wildman–Crippen LogP) is -0.0771. The molecule has 0 fully saturated rings. The molecule has 0 spiro atoms. The Labute approximate surface area is 113 Å². The van der Waals surface area contributed by atoms with E-state index in [4.69, 9.17) is 16.9 Å². The van der Waals surface area contributed by atoms with Crippen LogP contribution in [0.4, 0.5) is 0 Å². The minimum absolute atomic E-state index is 0. The van der Waals surface area contributed by atoms with E-state index in [2.05, 4.69) is 5.92 Å². The molecule has 0 aliphatic rings. The largest absolute Gasteiger partial charge is 1.00 e. The lowest BCUT2D eigenvalue weighted by molar-refractivity contribution is -0.00000400. The number of hydrogen-bond donors (Lipinski definition) is 1. The third kappa shape index (κ3) is 3.53. The molecule has 0 heterocycles. The molecular formula is C15H13ClNO-. The molecule has 2 N–H and O–H groups in total. The molecule has 3 heteroatoms. The van der Waals surface area contributed by atoms with Crippen LogP contribution in [0.25, 0.3) is 0 Å². The van der Waals surface area contributed by atoms with Crippen molar-refractivity contribution in [2.75, 3.05) is 0 Å². The van der Waals surface area contributed by atoms with Crippen LogP contribution in [0, 0.1) is 12.3 Å². The van der Waals surface area contributed by atoms with E-state index in [0.717, 1.165) is 22.6 Å². The molecule has 0 aliphatic heterocycles. The molecule has 2 aromatic rings. The summed E-state index contributed by atoms with van der Waals surface area (Å²) in [5, 5.41) is 0. The molecule has 2 rings (SSSR count). The van der Waals surface area contributed by atoms with Gasteiger partial charge in [-0.05, 0) is 35.9 Å². The highest BCUT2D eigenvalue weighted by Crippen LogP contribution is 2.22. The maximum absolute atomic E-state index is 5.71. The summed E-state index contributed by atoms with van der Waals surface area (Å²) in [6, 6.07) is 15.1. The first-order valence-corrected chi connectivity index (χ1v) is 5.35. The first-order chi connectivity index (χ1) is 8.31. The molecule has 0 atom stereocenters. The van der Waals surface area contributed by atoms with Gasteiger partial charge in [-0.3, -0.25) is 0 Å². The predicted molar refractivity (Wildman–Crippen MR) is 68.8 cm³/mol. The third-order valence-electron chi connectivity index (χ3n) is 2.37. The van der Waals surface area contributed by atoms with Crippen molar-refractivity contribution >= 4 is 0 Å². The number of halogens is 1. The fraction of sp³-hybridized carbons (Fsp3) is 0.0667. The van der Waals surface area contributed by atoms with Gasteiger partial charge in [-0.1, -0.05) is 24.1 Å². The Bertz CT molecular complexity index is 560. The molecule has 18 heavy (non-hydrogen) atoms. The molecule has 0 radical (unpaired) electrons. The number of hydrogen-bond acceptors (Lipinski definition) is 2. The zero-order chi connectivity index (χ0) is 12.1. The first-order valence-electron chi connectivity index (χ1n) is 5.35. The average molecular weight is 259 g/mol. The topological polar surface area (TPSA) is 35.2 Å². The van der Waals surface area contributed by atoms with Gasteiger partial charge >= 0.3 is 0 Å². The summed E-state index contributed by atoms with van der Waals surface area (Å²) >= 11 is 0. The summed E-state index contributed by atoms with van der Waals surface area (Å²) in [5.41, 5.74) is 7.42. The van der Waals surface area contributed by atoms with Gasteiger partial charge in [0.2, 0.25) is 0 Å². The smallest absolute Gasteiger partial charge is 0.128 e. The minimum Gasteiger partial charge on any atom is -1.00 e. The van der Waals surface area contributed by atoms with Gasteiger partial charge in [0.15, 0.2) is 0 Å². The zero-order valence-electron chi connectivity index (χ0n) is 9.77. The van der Waals surface area contributed by atoms with Gasteiger partial charge in [0.25, 0.3) is 0 Å². The molecule has 0 aromatic heterocycles. The molecule has 0 saturated heterocycles. The van der Waals surface area contributed by atoms with Crippen LogP contribution in [0.1, 0.15) is 11.1 Å². The monoisotopic (exact) mass is 258 g/mol. The van der Waals surface area contributed by atoms with E-state index in [1.165, 1.54) is 0 Å². The number of benzene rings is 2. The second-order valence-corrected chi connectivity index (χ2v) is 3.63. The molecule has 0 amide bonds. The molecule has 92 valence electrons. The van der Waals surface area contributed by atoms with Crippen LogP contribution in [0.15, 0.2) is 48.5 Å². The minimum atomic E-state index is 0. The maximum Gasteiger partial charge on any atom is 0.128 e. The Balaban J connectivity index is 0.00000162. The highest BCUT2D eigenvalue weighted by atomic mass is 35.5. The lowest BCUT2D eigenvalue weighted by atomic mass is 10.2. The van der Waals surface area contributed by atoms with Gasteiger partial charge in [0, 0.05) is 12.1 Å². The fourth-order valence-corrected chi connectivity index (χ4v) is 1.52. The van der Waals surface area contributed by atoms with Crippen LogP contribution < -0.4 is 22.9 Å². The van der Waals surface area contributed by atoms with Crippen LogP contribution >= 0.6 is 0 Å². The van der Waals surface area contributed by atoms with Gasteiger partial charge in [0.05, 0.1) is 0 Å². The second-order valence-electron chi connectivity index (χ2n) is 3.63. The summed E-state index contributed by atoms with van der Waals surface area (Å²) in [6.07, 6.45) is 5.34. The van der Waals surface area contributed by atoms with E-state index in [1.54, 1.807) is 0 Å². The van der Waals surface area contributed by atoms with Crippen molar-refractivity contribution in [1.82, 2.24) is 0 Å². The molecule has 0 aliphatic carbocycles. The quantitative estimate of drug-likeness (QED) is 0.782. The van der Waals surface area contributed by atoms with Gasteiger partial charge in [0.1, 0.15) is 11.5 Å². The van der Waals surface area contributed by atoms with E-state index >= 15 is 0 Å². The summed E-state index contributed by atoms with van der Waals surface area (Å²) < 4.78 is 5.71. The Morgan fingerprint density at radius 2 is 1.72 bits per heavy atom. The second kappa shape index (κ2) is 6.70. The number of nitrogens with two attached hydrogens (primary N) is 1. The Morgan fingerprint density at radius 3 is 2.39 bits per heavy atom. The Kier molecular flexibility index (Phi) is 5.26. The highest BCUT2D eigenvalue weighted by Gasteiger charge is 1.99. The molecular weight excluding hydrogens is 246 g/mol. The van der Waals surface area contributed by atoms with Crippen LogP contribution in [-0.4, -0.2) is 0 Å². The van der Waals surface area contributed by atoms with Crippen LogP contribution in [0.2, 0.25) is 0 Å². The number of rotatable bonds is 3. The van der Waals surface area contributed by atoms with Crippen molar-refractivity contribution in [3.05, 3.63) is 59.7 Å². The maximum atomic E-state index is 5.71. The van der Waals surface area contributed by atoms with E-state index < -0.39 is 0 Å². The molecule has 0 bridgehead atoms. The van der Waals surface area contributed by atoms with Crippen molar-refractivity contribution in [1.29, 1.82) is 0 Å². The van der Waals surface area contributed by atoms with Gasteiger partial charge in [-0.25, -0.2) is 0 Å². The van der Waals surface area contributed by atoms with Crippen LogP contribution in [0.3, 0.4) is 0 Å². The molecule has 0 saturated carbocycles. The van der Waals surface area contributed by atoms with Crippen LogP contribution in [0.5, 0.6) is 11.5 Å². The lowest BCUT2D eigenvalue weighted by Gasteiger charge is -2.07. The molecule has 2 aromatic carbocycles. The van der Waals surface area contributed by atoms with Crippen molar-refractivity contribution in [2.24, 2.45) is 5.73 Å². The van der Waals surface area contributed by atoms with E-state index in [0.29, 0.717) is 6.54 Å². The number of terminal acetylenes is 1. The molecule has 2 nitrogen and oxygen atoms in total. The Morgan fingerprint density at radius 1 is 1.06 bits per heavy atom. The fourth-order valence-electron chi connectivity index (χ4n) is 1.52. The molecule has 0 unspecified atom stereocenters. The van der Waals surface area contributed by atoms with Gasteiger partial charge < -0.3 is 22.9 Å². The van der Waals surface area contributed by atoms with Crippen molar-refractivity contribution in [3.8, 4) is 23.8 Å². The summed E-state index contributed by atoms with van der Waals surface area (Å²) in [4.78, 5) is 0. The standard InChI is InChI=1S/C15H13NO.ClH/c1-2-12-5-3-7-14(9-12)17-15-8-4-6-13(10-15)11-16;/h1,3-10H,11,16H2;1H/p-1. The summed E-state index contributed by atoms with van der Waals surface area (Å²) in [6.45, 7) is 0.502. The Hall–Kier alpha value is -1.95. The van der Waals surface area contributed by atoms with Crippen LogP contribution in [-0.2, 0) is 6.54 Å². The SMILES string of the molecule is C#Cc1cccc(Oc2cccc(CN)c2)c1.[Cl-]. The highest BCUT2D eigenvalue weighted by molar-refractivity contribution is 5.41. The normalized spacial score (nSPS) is 9.11. The zero-order valence-corrected chi connectivity index (χ0v) is 10.5. The first kappa shape index (κ1) is 14.1. The third-order valence-corrected chi connectivity index (χ3v) is 2.37. The van der Waals surface area contributed by atoms with Gasteiger partial charge in [-0.2, -0.15) is 0 Å². The van der Waals surface area contributed by atoms with Crippen molar-refractivity contribution < 1.29 is 17.1 Å². The summed E-state index contributed by atoms with van der Waals surface area (Å²) in [7, 11) is 0. The summed E-state index contributed by atoms with van der Waals surface area (Å²) in [5.74, 6) is 4.07.